The number of fused-ring (bicyclic) bond motifs is 1. The van der Waals surface area contributed by atoms with E-state index < -0.39 is 6.10 Å². The van der Waals surface area contributed by atoms with Crippen molar-refractivity contribution >= 4 is 23.3 Å². The zero-order chi connectivity index (χ0) is 20.5. The normalized spacial score (nSPS) is 18.4. The highest BCUT2D eigenvalue weighted by molar-refractivity contribution is 6.30. The number of ether oxygens (including phenoxy) is 2. The zero-order valence-electron chi connectivity index (χ0n) is 16.3. The number of aromatic nitrogens is 2. The Morgan fingerprint density at radius 1 is 1.03 bits per heavy atom. The molecule has 0 saturated carbocycles. The van der Waals surface area contributed by atoms with Crippen LogP contribution in [-0.4, -0.2) is 59.9 Å². The number of anilines is 1. The first-order chi connectivity index (χ1) is 14.7. The molecular formula is C22H21ClN4O3. The molecule has 3 aromatic rings. The molecule has 2 aliphatic rings. The number of rotatable bonds is 3. The second-order valence-electron chi connectivity index (χ2n) is 7.32. The van der Waals surface area contributed by atoms with E-state index in [1.54, 1.807) is 0 Å². The number of benzene rings is 2. The Balaban J connectivity index is 1.20. The minimum absolute atomic E-state index is 0.0342. The molecule has 1 saturated heterocycles. The molecule has 0 spiro atoms. The number of H-pyrrole nitrogens is 1. The van der Waals surface area contributed by atoms with Crippen LogP contribution in [0.3, 0.4) is 0 Å². The number of hydrogen-bond acceptors (Lipinski definition) is 5. The van der Waals surface area contributed by atoms with E-state index in [1.165, 1.54) is 0 Å². The Bertz CT molecular complexity index is 1040. The van der Waals surface area contributed by atoms with Gasteiger partial charge in [0.05, 0.1) is 5.69 Å². The van der Waals surface area contributed by atoms with Crippen LogP contribution in [0.5, 0.6) is 11.5 Å². The summed E-state index contributed by atoms with van der Waals surface area (Å²) in [7, 11) is 0. The second kappa shape index (κ2) is 7.91. The number of halogens is 1. The molecule has 3 heterocycles. The fourth-order valence-corrected chi connectivity index (χ4v) is 3.88. The smallest absolute Gasteiger partial charge is 0.267 e. The van der Waals surface area contributed by atoms with E-state index in [0.717, 1.165) is 17.1 Å². The van der Waals surface area contributed by atoms with E-state index in [4.69, 9.17) is 21.1 Å². The van der Waals surface area contributed by atoms with Crippen LogP contribution in [0.25, 0.3) is 11.3 Å². The third kappa shape index (κ3) is 3.68. The maximum atomic E-state index is 12.9. The number of carbonyl (C=O) groups is 1. The quantitative estimate of drug-likeness (QED) is 0.699. The van der Waals surface area contributed by atoms with Crippen molar-refractivity contribution in [3.8, 4) is 22.8 Å². The van der Waals surface area contributed by atoms with Gasteiger partial charge in [0.25, 0.3) is 5.91 Å². The Morgan fingerprint density at radius 2 is 1.77 bits per heavy atom. The molecule has 30 heavy (non-hydrogen) atoms. The van der Waals surface area contributed by atoms with Gasteiger partial charge >= 0.3 is 0 Å². The summed E-state index contributed by atoms with van der Waals surface area (Å²) >= 11 is 5.96. The molecule has 2 aromatic carbocycles. The van der Waals surface area contributed by atoms with Crippen LogP contribution >= 0.6 is 11.6 Å². The van der Waals surface area contributed by atoms with Gasteiger partial charge in [0.15, 0.2) is 17.3 Å². The Hall–Kier alpha value is -3.19. The minimum atomic E-state index is -0.603. The van der Waals surface area contributed by atoms with E-state index >= 15 is 0 Å². The number of nitrogens with zero attached hydrogens (tertiary/aromatic N) is 3. The van der Waals surface area contributed by atoms with Crippen molar-refractivity contribution in [2.45, 2.75) is 6.10 Å². The molecule has 0 radical (unpaired) electrons. The third-order valence-corrected chi connectivity index (χ3v) is 5.67. The van der Waals surface area contributed by atoms with Gasteiger partial charge in [-0.3, -0.25) is 9.89 Å². The second-order valence-corrected chi connectivity index (χ2v) is 7.76. The zero-order valence-corrected chi connectivity index (χ0v) is 17.0. The van der Waals surface area contributed by atoms with E-state index in [9.17, 15) is 4.79 Å². The van der Waals surface area contributed by atoms with E-state index in [2.05, 4.69) is 15.1 Å². The van der Waals surface area contributed by atoms with Crippen molar-refractivity contribution in [2.75, 3.05) is 37.7 Å². The molecule has 2 aliphatic heterocycles. The van der Waals surface area contributed by atoms with Crippen LogP contribution in [-0.2, 0) is 4.79 Å². The summed E-state index contributed by atoms with van der Waals surface area (Å²) in [5.74, 6) is 2.14. The number of amides is 1. The van der Waals surface area contributed by atoms with Crippen molar-refractivity contribution in [1.29, 1.82) is 0 Å². The summed E-state index contributed by atoms with van der Waals surface area (Å²) in [5.41, 5.74) is 1.97. The summed E-state index contributed by atoms with van der Waals surface area (Å²) in [6.07, 6.45) is -0.603. The standard InChI is InChI=1S/C22H21ClN4O3/c23-16-7-5-15(6-8-16)17-13-21(25-24-17)26-9-11-27(12-10-26)22(28)20-14-29-18-3-1-2-4-19(18)30-20/h1-8,13,20H,9-12,14H2,(H,24,25). The molecule has 1 fully saturated rings. The highest BCUT2D eigenvalue weighted by Crippen LogP contribution is 2.31. The lowest BCUT2D eigenvalue weighted by Crippen LogP contribution is -2.54. The van der Waals surface area contributed by atoms with Gasteiger partial charge in [0, 0.05) is 37.3 Å². The van der Waals surface area contributed by atoms with Crippen LogP contribution in [0.2, 0.25) is 5.02 Å². The molecule has 154 valence electrons. The average Bonchev–Trinajstić information content (AvgIpc) is 3.29. The molecule has 1 atom stereocenters. The van der Waals surface area contributed by atoms with Gasteiger partial charge in [0.2, 0.25) is 6.10 Å². The largest absolute Gasteiger partial charge is 0.485 e. The molecule has 8 heteroatoms. The van der Waals surface area contributed by atoms with Gasteiger partial charge in [-0.25, -0.2) is 0 Å². The summed E-state index contributed by atoms with van der Waals surface area (Å²) in [5, 5.41) is 8.23. The van der Waals surface area contributed by atoms with Crippen molar-refractivity contribution < 1.29 is 14.3 Å². The fourth-order valence-electron chi connectivity index (χ4n) is 3.75. The van der Waals surface area contributed by atoms with Gasteiger partial charge in [-0.15, -0.1) is 0 Å². The third-order valence-electron chi connectivity index (χ3n) is 5.42. The number of piperazine rings is 1. The molecule has 7 nitrogen and oxygen atoms in total. The monoisotopic (exact) mass is 424 g/mol. The average molecular weight is 425 g/mol. The lowest BCUT2D eigenvalue weighted by molar-refractivity contribution is -0.141. The summed E-state index contributed by atoms with van der Waals surface area (Å²) < 4.78 is 11.5. The van der Waals surface area contributed by atoms with E-state index in [-0.39, 0.29) is 12.5 Å². The number of aromatic amines is 1. The first kappa shape index (κ1) is 18.8. The van der Waals surface area contributed by atoms with Crippen LogP contribution < -0.4 is 14.4 Å². The molecule has 1 N–H and O–H groups in total. The number of nitrogens with one attached hydrogen (secondary N) is 1. The first-order valence-corrected chi connectivity index (χ1v) is 10.3. The summed E-state index contributed by atoms with van der Waals surface area (Å²) in [4.78, 5) is 16.9. The predicted octanol–water partition coefficient (Wildman–Crippen LogP) is 3.22. The molecule has 1 unspecified atom stereocenters. The van der Waals surface area contributed by atoms with Gasteiger partial charge in [-0.1, -0.05) is 35.9 Å². The molecule has 5 rings (SSSR count). The summed E-state index contributed by atoms with van der Waals surface area (Å²) in [6.45, 7) is 2.88. The molecular weight excluding hydrogens is 404 g/mol. The van der Waals surface area contributed by atoms with Gasteiger partial charge < -0.3 is 19.3 Å². The highest BCUT2D eigenvalue weighted by Gasteiger charge is 2.33. The molecule has 0 bridgehead atoms. The number of carbonyl (C=O) groups excluding carboxylic acids is 1. The Kier molecular flexibility index (Phi) is 4.96. The van der Waals surface area contributed by atoms with Crippen LogP contribution in [0.1, 0.15) is 0 Å². The highest BCUT2D eigenvalue weighted by atomic mass is 35.5. The molecule has 1 aromatic heterocycles. The first-order valence-electron chi connectivity index (χ1n) is 9.91. The van der Waals surface area contributed by atoms with Crippen LogP contribution in [0, 0.1) is 0 Å². The maximum Gasteiger partial charge on any atom is 0.267 e. The van der Waals surface area contributed by atoms with Crippen LogP contribution in [0.4, 0.5) is 5.82 Å². The van der Waals surface area contributed by atoms with Gasteiger partial charge in [-0.2, -0.15) is 5.10 Å². The van der Waals surface area contributed by atoms with Crippen molar-refractivity contribution in [3.63, 3.8) is 0 Å². The van der Waals surface area contributed by atoms with Gasteiger partial charge in [-0.05, 0) is 29.8 Å². The van der Waals surface area contributed by atoms with E-state index in [1.807, 2.05) is 59.5 Å². The lowest BCUT2D eigenvalue weighted by Gasteiger charge is -2.37. The Labute approximate surface area is 179 Å². The summed E-state index contributed by atoms with van der Waals surface area (Å²) in [6, 6.07) is 17.1. The molecule has 1 amide bonds. The molecule has 0 aliphatic carbocycles. The van der Waals surface area contributed by atoms with Gasteiger partial charge in [0.1, 0.15) is 6.61 Å². The van der Waals surface area contributed by atoms with E-state index in [0.29, 0.717) is 42.7 Å². The van der Waals surface area contributed by atoms with Crippen molar-refractivity contribution in [2.24, 2.45) is 0 Å². The maximum absolute atomic E-state index is 12.9. The van der Waals surface area contributed by atoms with Crippen LogP contribution in [0.15, 0.2) is 54.6 Å². The Morgan fingerprint density at radius 3 is 2.53 bits per heavy atom. The minimum Gasteiger partial charge on any atom is -0.485 e. The number of hydrogen-bond donors (Lipinski definition) is 1. The fraction of sp³-hybridized carbons (Fsp3) is 0.273. The predicted molar refractivity (Wildman–Crippen MR) is 114 cm³/mol. The topological polar surface area (TPSA) is 70.7 Å². The SMILES string of the molecule is O=C(C1COc2ccccc2O1)N1CCN(c2cc(-c3ccc(Cl)cc3)[nH]n2)CC1. The van der Waals surface area contributed by atoms with Crippen molar-refractivity contribution in [1.82, 2.24) is 15.1 Å². The lowest BCUT2D eigenvalue weighted by atomic mass is 10.1. The number of para-hydroxylation sites is 2. The van der Waals surface area contributed by atoms with Crippen molar-refractivity contribution in [3.05, 3.63) is 59.6 Å².